The van der Waals surface area contributed by atoms with Crippen molar-refractivity contribution >= 4 is 10.1 Å². The van der Waals surface area contributed by atoms with Crippen molar-refractivity contribution in [1.29, 1.82) is 0 Å². The Hall–Kier alpha value is -0.350. The van der Waals surface area contributed by atoms with Crippen LogP contribution >= 0.6 is 0 Å². The van der Waals surface area contributed by atoms with Gasteiger partial charge in [-0.15, -0.1) is 0 Å². The Morgan fingerprint density at radius 2 is 1.86 bits per heavy atom. The topological polar surface area (TPSA) is 54.4 Å². The average molecular weight is 218 g/mol. The lowest BCUT2D eigenvalue weighted by Gasteiger charge is -2.17. The first-order chi connectivity index (χ1) is 6.58. The summed E-state index contributed by atoms with van der Waals surface area (Å²) in [6.45, 7) is 0. The first-order valence-electron chi connectivity index (χ1n) is 5.20. The van der Waals surface area contributed by atoms with E-state index in [9.17, 15) is 8.42 Å². The minimum Gasteiger partial charge on any atom is -0.286 e. The first-order valence-corrected chi connectivity index (χ1v) is 6.81. The van der Waals surface area contributed by atoms with Crippen LogP contribution in [0, 0.1) is 5.92 Å². The first kappa shape index (κ1) is 11.7. The second-order valence-corrected chi connectivity index (χ2v) is 5.47. The van der Waals surface area contributed by atoms with E-state index in [1.807, 2.05) is 6.08 Å². The third-order valence-electron chi connectivity index (χ3n) is 2.60. The van der Waals surface area contributed by atoms with Gasteiger partial charge in [-0.25, -0.2) is 0 Å². The zero-order valence-electron chi connectivity index (χ0n) is 8.35. The van der Waals surface area contributed by atoms with Crippen molar-refractivity contribution in [3.63, 3.8) is 0 Å². The van der Waals surface area contributed by atoms with Gasteiger partial charge in [-0.3, -0.25) is 4.55 Å². The number of allylic oxidation sites excluding steroid dienone is 2. The van der Waals surface area contributed by atoms with Gasteiger partial charge >= 0.3 is 0 Å². The Kier molecular flexibility index (Phi) is 4.62. The Morgan fingerprint density at radius 3 is 2.43 bits per heavy atom. The summed E-state index contributed by atoms with van der Waals surface area (Å²) in [5.41, 5.74) is 0. The molecule has 0 amide bonds. The lowest BCUT2D eigenvalue weighted by atomic mass is 9.89. The summed E-state index contributed by atoms with van der Waals surface area (Å²) in [5, 5.41) is 0. The standard InChI is InChI=1S/C10H18O3S/c11-14(12,13)9-5-4-8-10-6-2-1-3-7-10/h4,8,10H,1-3,5-7,9H2,(H,11,12,13). The van der Waals surface area contributed by atoms with E-state index in [1.54, 1.807) is 0 Å². The van der Waals surface area contributed by atoms with Crippen molar-refractivity contribution in [1.82, 2.24) is 0 Å². The molecule has 4 heteroatoms. The fourth-order valence-electron chi connectivity index (χ4n) is 1.83. The Labute approximate surface area is 86.0 Å². The highest BCUT2D eigenvalue weighted by molar-refractivity contribution is 7.85. The van der Waals surface area contributed by atoms with Gasteiger partial charge in [-0.1, -0.05) is 31.4 Å². The largest absolute Gasteiger partial charge is 0.286 e. The molecule has 0 spiro atoms. The van der Waals surface area contributed by atoms with E-state index in [0.717, 1.165) is 0 Å². The van der Waals surface area contributed by atoms with Crippen LogP contribution in [0.4, 0.5) is 0 Å². The molecule has 1 aliphatic carbocycles. The van der Waals surface area contributed by atoms with Crippen molar-refractivity contribution in [2.75, 3.05) is 5.75 Å². The van der Waals surface area contributed by atoms with Crippen molar-refractivity contribution in [2.24, 2.45) is 5.92 Å². The highest BCUT2D eigenvalue weighted by Gasteiger charge is 2.09. The van der Waals surface area contributed by atoms with Gasteiger partial charge in [-0.2, -0.15) is 8.42 Å². The zero-order chi connectivity index (χ0) is 10.4. The molecule has 0 heterocycles. The third kappa shape index (κ3) is 5.40. The van der Waals surface area contributed by atoms with Gasteiger partial charge in [0.05, 0.1) is 5.75 Å². The highest BCUT2D eigenvalue weighted by Crippen LogP contribution is 2.24. The maximum atomic E-state index is 10.4. The molecule has 0 aromatic carbocycles. The molecular weight excluding hydrogens is 200 g/mol. The molecule has 0 aliphatic heterocycles. The van der Waals surface area contributed by atoms with E-state index < -0.39 is 10.1 Å². The molecule has 82 valence electrons. The van der Waals surface area contributed by atoms with Gasteiger partial charge in [0.15, 0.2) is 0 Å². The lowest BCUT2D eigenvalue weighted by Crippen LogP contribution is -2.04. The highest BCUT2D eigenvalue weighted by atomic mass is 32.2. The van der Waals surface area contributed by atoms with E-state index in [4.69, 9.17) is 4.55 Å². The molecule has 3 nitrogen and oxygen atoms in total. The molecule has 0 saturated heterocycles. The lowest BCUT2D eigenvalue weighted by molar-refractivity contribution is 0.419. The average Bonchev–Trinajstić information content (AvgIpc) is 2.13. The van der Waals surface area contributed by atoms with Gasteiger partial charge in [-0.05, 0) is 25.2 Å². The van der Waals surface area contributed by atoms with Gasteiger partial charge in [0, 0.05) is 0 Å². The molecule has 1 saturated carbocycles. The van der Waals surface area contributed by atoms with Crippen LogP contribution < -0.4 is 0 Å². The van der Waals surface area contributed by atoms with Crippen LogP contribution in [0.25, 0.3) is 0 Å². The van der Waals surface area contributed by atoms with Gasteiger partial charge in [0.1, 0.15) is 0 Å². The van der Waals surface area contributed by atoms with Gasteiger partial charge in [0.25, 0.3) is 10.1 Å². The Bertz CT molecular complexity index is 274. The number of hydrogen-bond acceptors (Lipinski definition) is 2. The second-order valence-electron chi connectivity index (χ2n) is 3.90. The predicted octanol–water partition coefficient (Wildman–Crippen LogP) is 2.40. The molecule has 0 bridgehead atoms. The number of hydrogen-bond donors (Lipinski definition) is 1. The van der Waals surface area contributed by atoms with Crippen LogP contribution in [-0.2, 0) is 10.1 Å². The van der Waals surface area contributed by atoms with Crippen molar-refractivity contribution in [3.05, 3.63) is 12.2 Å². The van der Waals surface area contributed by atoms with E-state index in [1.165, 1.54) is 32.1 Å². The molecule has 14 heavy (non-hydrogen) atoms. The Balaban J connectivity index is 2.19. The smallest absolute Gasteiger partial charge is 0.265 e. The summed E-state index contributed by atoms with van der Waals surface area (Å²) in [7, 11) is -3.78. The van der Waals surface area contributed by atoms with E-state index >= 15 is 0 Å². The van der Waals surface area contributed by atoms with Gasteiger partial charge < -0.3 is 0 Å². The molecule has 1 rings (SSSR count). The SMILES string of the molecule is O=S(=O)(O)CCC=CC1CCCCC1. The van der Waals surface area contributed by atoms with Crippen molar-refractivity contribution in [3.8, 4) is 0 Å². The van der Waals surface area contributed by atoms with E-state index in [0.29, 0.717) is 12.3 Å². The maximum Gasteiger partial charge on any atom is 0.265 e. The monoisotopic (exact) mass is 218 g/mol. The molecule has 1 fully saturated rings. The van der Waals surface area contributed by atoms with E-state index in [-0.39, 0.29) is 5.75 Å². The van der Waals surface area contributed by atoms with Crippen LogP contribution in [0.5, 0.6) is 0 Å². The summed E-state index contributed by atoms with van der Waals surface area (Å²) in [4.78, 5) is 0. The van der Waals surface area contributed by atoms with Crippen molar-refractivity contribution in [2.45, 2.75) is 38.5 Å². The molecule has 0 radical (unpaired) electrons. The fraction of sp³-hybridized carbons (Fsp3) is 0.800. The van der Waals surface area contributed by atoms with Gasteiger partial charge in [0.2, 0.25) is 0 Å². The Morgan fingerprint density at radius 1 is 1.21 bits per heavy atom. The molecule has 0 atom stereocenters. The van der Waals surface area contributed by atoms with Crippen LogP contribution in [0.2, 0.25) is 0 Å². The second kappa shape index (κ2) is 5.51. The molecule has 0 aromatic rings. The van der Waals surface area contributed by atoms with Crippen LogP contribution in [0.3, 0.4) is 0 Å². The molecule has 1 N–H and O–H groups in total. The van der Waals surface area contributed by atoms with Crippen LogP contribution in [0.1, 0.15) is 38.5 Å². The summed E-state index contributed by atoms with van der Waals surface area (Å²) >= 11 is 0. The zero-order valence-corrected chi connectivity index (χ0v) is 9.17. The predicted molar refractivity (Wildman–Crippen MR) is 56.7 cm³/mol. The fourth-order valence-corrected chi connectivity index (χ4v) is 2.27. The van der Waals surface area contributed by atoms with Crippen LogP contribution in [-0.4, -0.2) is 18.7 Å². The molecule has 0 aromatic heterocycles. The molecule has 0 unspecified atom stereocenters. The summed E-state index contributed by atoms with van der Waals surface area (Å²) in [6, 6.07) is 0. The number of rotatable bonds is 4. The molecule has 1 aliphatic rings. The normalized spacial score (nSPS) is 20.4. The van der Waals surface area contributed by atoms with Crippen molar-refractivity contribution < 1.29 is 13.0 Å². The summed E-state index contributed by atoms with van der Waals surface area (Å²) in [6.07, 6.45) is 10.8. The van der Waals surface area contributed by atoms with Crippen LogP contribution in [0.15, 0.2) is 12.2 Å². The minimum absolute atomic E-state index is 0.157. The maximum absolute atomic E-state index is 10.4. The third-order valence-corrected chi connectivity index (χ3v) is 3.35. The molecular formula is C10H18O3S. The summed E-state index contributed by atoms with van der Waals surface area (Å²) < 4.78 is 29.3. The minimum atomic E-state index is -3.78. The quantitative estimate of drug-likeness (QED) is 0.582. The summed E-state index contributed by atoms with van der Waals surface area (Å²) in [5.74, 6) is 0.473. The van der Waals surface area contributed by atoms with E-state index in [2.05, 4.69) is 6.08 Å².